The third-order valence-electron chi connectivity index (χ3n) is 5.03. The fraction of sp³-hybridized carbons (Fsp3) is 0.318. The number of benzene rings is 2. The predicted molar refractivity (Wildman–Crippen MR) is 105 cm³/mol. The van der Waals surface area contributed by atoms with Crippen LogP contribution in [0.2, 0.25) is 0 Å². The molecule has 1 atom stereocenters. The van der Waals surface area contributed by atoms with Crippen molar-refractivity contribution in [1.29, 1.82) is 0 Å². The number of carbonyl (C=O) groups excluding carboxylic acids is 3. The zero-order valence-electron chi connectivity index (χ0n) is 16.1. The summed E-state index contributed by atoms with van der Waals surface area (Å²) in [5.74, 6) is 0.365. The molecule has 2 aromatic carbocycles. The Morgan fingerprint density at radius 3 is 2.66 bits per heavy atom. The molecule has 2 heterocycles. The Balaban J connectivity index is 1.40. The fourth-order valence-electron chi connectivity index (χ4n) is 3.42. The lowest BCUT2D eigenvalue weighted by molar-refractivity contribution is 0.0652. The molecule has 2 aliphatic heterocycles. The van der Waals surface area contributed by atoms with Crippen LogP contribution in [-0.4, -0.2) is 48.4 Å². The van der Waals surface area contributed by atoms with Gasteiger partial charge in [0.15, 0.2) is 11.5 Å². The maximum absolute atomic E-state index is 12.6. The third-order valence-corrected chi connectivity index (χ3v) is 5.03. The molecule has 2 aromatic rings. The van der Waals surface area contributed by atoms with Gasteiger partial charge in [0.1, 0.15) is 12.7 Å². The molecule has 0 unspecified atom stereocenters. The Morgan fingerprint density at radius 2 is 1.86 bits per heavy atom. The lowest BCUT2D eigenvalue weighted by Crippen LogP contribution is -2.40. The van der Waals surface area contributed by atoms with Gasteiger partial charge in [-0.25, -0.2) is 0 Å². The first-order valence-electron chi connectivity index (χ1n) is 9.75. The summed E-state index contributed by atoms with van der Waals surface area (Å²) in [4.78, 5) is 38.8. The summed E-state index contributed by atoms with van der Waals surface area (Å²) in [6.07, 6.45) is 1.33. The number of ether oxygens (including phenoxy) is 2. The zero-order chi connectivity index (χ0) is 20.4. The number of hydrogen-bond acceptors (Lipinski definition) is 5. The third kappa shape index (κ3) is 3.68. The minimum atomic E-state index is -0.339. The summed E-state index contributed by atoms with van der Waals surface area (Å²) in [6, 6.07) is 12.0. The van der Waals surface area contributed by atoms with Crippen LogP contribution in [0, 0.1) is 0 Å². The second-order valence-electron chi connectivity index (χ2n) is 7.08. The lowest BCUT2D eigenvalue weighted by atomic mass is 10.1. The minimum absolute atomic E-state index is 0.264. The molecule has 150 valence electrons. The van der Waals surface area contributed by atoms with Crippen molar-refractivity contribution >= 4 is 17.7 Å². The van der Waals surface area contributed by atoms with E-state index in [0.29, 0.717) is 35.8 Å². The van der Waals surface area contributed by atoms with Gasteiger partial charge in [-0.3, -0.25) is 19.3 Å². The summed E-state index contributed by atoms with van der Waals surface area (Å²) in [5.41, 5.74) is 0.965. The van der Waals surface area contributed by atoms with Crippen molar-refractivity contribution in [2.45, 2.75) is 25.9 Å². The van der Waals surface area contributed by atoms with E-state index in [1.165, 1.54) is 11.0 Å². The SMILES string of the molecule is CCCCN1C(=O)c2ccc(C(=O)NC[C@H]3COc4ccccc4O3)cc2C1=O. The van der Waals surface area contributed by atoms with E-state index in [0.717, 1.165) is 12.8 Å². The van der Waals surface area contributed by atoms with E-state index in [9.17, 15) is 14.4 Å². The number of imide groups is 1. The van der Waals surface area contributed by atoms with Gasteiger partial charge in [0, 0.05) is 12.1 Å². The smallest absolute Gasteiger partial charge is 0.261 e. The van der Waals surface area contributed by atoms with Gasteiger partial charge >= 0.3 is 0 Å². The van der Waals surface area contributed by atoms with Gasteiger partial charge in [-0.1, -0.05) is 25.5 Å². The van der Waals surface area contributed by atoms with Crippen molar-refractivity contribution in [1.82, 2.24) is 10.2 Å². The second kappa shape index (κ2) is 7.95. The van der Waals surface area contributed by atoms with Gasteiger partial charge in [0.05, 0.1) is 17.7 Å². The number of unbranched alkanes of at least 4 members (excludes halogenated alkanes) is 1. The van der Waals surface area contributed by atoms with Gasteiger partial charge in [0.25, 0.3) is 17.7 Å². The van der Waals surface area contributed by atoms with Crippen molar-refractivity contribution in [2.75, 3.05) is 19.7 Å². The van der Waals surface area contributed by atoms with E-state index in [1.54, 1.807) is 12.1 Å². The molecule has 0 bridgehead atoms. The van der Waals surface area contributed by atoms with Gasteiger partial charge in [0.2, 0.25) is 0 Å². The van der Waals surface area contributed by atoms with E-state index in [4.69, 9.17) is 9.47 Å². The van der Waals surface area contributed by atoms with Crippen molar-refractivity contribution in [3.63, 3.8) is 0 Å². The average Bonchev–Trinajstić information content (AvgIpc) is 2.99. The van der Waals surface area contributed by atoms with Crippen LogP contribution >= 0.6 is 0 Å². The molecule has 7 heteroatoms. The van der Waals surface area contributed by atoms with E-state index >= 15 is 0 Å². The number of carbonyl (C=O) groups is 3. The van der Waals surface area contributed by atoms with Crippen LogP contribution in [0.25, 0.3) is 0 Å². The summed E-state index contributed by atoms with van der Waals surface area (Å²) < 4.78 is 11.5. The van der Waals surface area contributed by atoms with Crippen molar-refractivity contribution < 1.29 is 23.9 Å². The van der Waals surface area contributed by atoms with Crippen LogP contribution in [0.15, 0.2) is 42.5 Å². The van der Waals surface area contributed by atoms with Crippen molar-refractivity contribution in [2.24, 2.45) is 0 Å². The molecule has 7 nitrogen and oxygen atoms in total. The quantitative estimate of drug-likeness (QED) is 0.762. The molecule has 0 saturated heterocycles. The number of nitrogens with one attached hydrogen (secondary N) is 1. The van der Waals surface area contributed by atoms with E-state index in [-0.39, 0.29) is 35.9 Å². The predicted octanol–water partition coefficient (Wildman–Crippen LogP) is 2.65. The van der Waals surface area contributed by atoms with Crippen molar-refractivity contribution in [3.8, 4) is 11.5 Å². The highest BCUT2D eigenvalue weighted by molar-refractivity contribution is 6.22. The summed E-state index contributed by atoms with van der Waals surface area (Å²) >= 11 is 0. The maximum atomic E-state index is 12.6. The molecule has 1 N–H and O–H groups in total. The molecule has 0 aromatic heterocycles. The lowest BCUT2D eigenvalue weighted by Gasteiger charge is -2.26. The number of para-hydroxylation sites is 2. The number of amides is 3. The maximum Gasteiger partial charge on any atom is 0.261 e. The van der Waals surface area contributed by atoms with Gasteiger partial charge in [-0.15, -0.1) is 0 Å². The van der Waals surface area contributed by atoms with Gasteiger partial charge < -0.3 is 14.8 Å². The molecule has 2 aliphatic rings. The van der Waals surface area contributed by atoms with Crippen LogP contribution in [-0.2, 0) is 0 Å². The van der Waals surface area contributed by atoms with Crippen LogP contribution in [0.1, 0.15) is 50.8 Å². The topological polar surface area (TPSA) is 84.9 Å². The largest absolute Gasteiger partial charge is 0.486 e. The molecule has 0 saturated carbocycles. The molecule has 0 fully saturated rings. The van der Waals surface area contributed by atoms with Gasteiger partial charge in [-0.2, -0.15) is 0 Å². The summed E-state index contributed by atoms with van der Waals surface area (Å²) in [6.45, 7) is 2.99. The van der Waals surface area contributed by atoms with E-state index in [1.807, 2.05) is 31.2 Å². The number of rotatable bonds is 6. The molecule has 3 amide bonds. The Bertz CT molecular complexity index is 971. The first kappa shape index (κ1) is 19.0. The van der Waals surface area contributed by atoms with Crippen LogP contribution in [0.5, 0.6) is 11.5 Å². The molecule has 4 rings (SSSR count). The number of fused-ring (bicyclic) bond motifs is 2. The van der Waals surface area contributed by atoms with E-state index in [2.05, 4.69) is 5.32 Å². The number of hydrogen-bond donors (Lipinski definition) is 1. The fourth-order valence-corrected chi connectivity index (χ4v) is 3.42. The zero-order valence-corrected chi connectivity index (χ0v) is 16.1. The Kier molecular flexibility index (Phi) is 5.20. The standard InChI is InChI=1S/C22H22N2O5/c1-2-3-10-24-21(26)16-9-8-14(11-17(16)22(24)27)20(25)23-12-15-13-28-18-6-4-5-7-19(18)29-15/h4-9,11,15H,2-3,10,12-13H2,1H3,(H,23,25)/t15-/m0/s1. The molecule has 0 radical (unpaired) electrons. The molecule has 0 spiro atoms. The number of nitrogens with zero attached hydrogens (tertiary/aromatic N) is 1. The Morgan fingerprint density at radius 1 is 1.10 bits per heavy atom. The molecular weight excluding hydrogens is 372 g/mol. The van der Waals surface area contributed by atoms with Crippen LogP contribution in [0.4, 0.5) is 0 Å². The normalized spacial score (nSPS) is 17.3. The first-order valence-corrected chi connectivity index (χ1v) is 9.75. The highest BCUT2D eigenvalue weighted by Gasteiger charge is 2.35. The second-order valence-corrected chi connectivity index (χ2v) is 7.08. The summed E-state index contributed by atoms with van der Waals surface area (Å²) in [7, 11) is 0. The van der Waals surface area contributed by atoms with Crippen LogP contribution in [0.3, 0.4) is 0 Å². The molecule has 29 heavy (non-hydrogen) atoms. The van der Waals surface area contributed by atoms with Crippen LogP contribution < -0.4 is 14.8 Å². The van der Waals surface area contributed by atoms with Crippen molar-refractivity contribution in [3.05, 3.63) is 59.2 Å². The van der Waals surface area contributed by atoms with E-state index < -0.39 is 0 Å². The Labute approximate surface area is 168 Å². The monoisotopic (exact) mass is 394 g/mol. The van der Waals surface area contributed by atoms with Gasteiger partial charge in [-0.05, 0) is 36.8 Å². The highest BCUT2D eigenvalue weighted by atomic mass is 16.6. The minimum Gasteiger partial charge on any atom is -0.486 e. The average molecular weight is 394 g/mol. The Hall–Kier alpha value is -3.35. The molecular formula is C22H22N2O5. The summed E-state index contributed by atoms with van der Waals surface area (Å²) in [5, 5.41) is 2.81. The highest BCUT2D eigenvalue weighted by Crippen LogP contribution is 2.30. The molecule has 0 aliphatic carbocycles. The first-order chi connectivity index (χ1) is 14.1.